The van der Waals surface area contributed by atoms with Crippen LogP contribution in [0.2, 0.25) is 0 Å². The number of hydrogen-bond acceptors (Lipinski definition) is 7. The average molecular weight is 501 g/mol. The lowest BCUT2D eigenvalue weighted by Crippen LogP contribution is -2.18. The molecule has 180 valence electrons. The van der Waals surface area contributed by atoms with Gasteiger partial charge in [0.2, 0.25) is 0 Å². The molecule has 1 aliphatic rings. The average Bonchev–Trinajstić information content (AvgIpc) is 3.38. The molecule has 12 heteroatoms. The highest BCUT2D eigenvalue weighted by molar-refractivity contribution is 7.90. The smallest absolute Gasteiger partial charge is 0.416 e. The van der Waals surface area contributed by atoms with Crippen LogP contribution in [0.25, 0.3) is 5.69 Å². The van der Waals surface area contributed by atoms with Crippen molar-refractivity contribution in [3.05, 3.63) is 89.5 Å². The predicted octanol–water partition coefficient (Wildman–Crippen LogP) is 3.96. The minimum absolute atomic E-state index is 0.0615. The summed E-state index contributed by atoms with van der Waals surface area (Å²) < 4.78 is 73.1. The second-order valence-electron chi connectivity index (χ2n) is 7.98. The Kier molecular flexibility index (Phi) is 5.75. The molecule has 0 spiro atoms. The molecule has 5 rings (SSSR count). The second kappa shape index (κ2) is 8.77. The maximum atomic E-state index is 13.4. The molecule has 8 nitrogen and oxygen atoms in total. The zero-order chi connectivity index (χ0) is 24.6. The summed E-state index contributed by atoms with van der Waals surface area (Å²) in [5.41, 5.74) is 1.03. The van der Waals surface area contributed by atoms with E-state index in [-0.39, 0.29) is 28.9 Å². The third-order valence-corrected chi connectivity index (χ3v) is 7.40. The van der Waals surface area contributed by atoms with E-state index in [0.717, 1.165) is 12.1 Å². The number of ether oxygens (including phenoxy) is 1. The van der Waals surface area contributed by atoms with Crippen molar-refractivity contribution in [3.63, 3.8) is 0 Å². The first-order valence-electron chi connectivity index (χ1n) is 10.6. The Morgan fingerprint density at radius 2 is 1.86 bits per heavy atom. The Bertz CT molecular complexity index is 1460. The molecule has 4 aromatic rings. The van der Waals surface area contributed by atoms with Crippen LogP contribution in [0.3, 0.4) is 0 Å². The van der Waals surface area contributed by atoms with Gasteiger partial charge in [-0.3, -0.25) is 0 Å². The molecule has 2 aromatic heterocycles. The molecular formula is C23H18F3N5O3S. The summed E-state index contributed by atoms with van der Waals surface area (Å²) in [4.78, 5) is 0.0615. The molecule has 3 heterocycles. The van der Waals surface area contributed by atoms with E-state index in [1.165, 1.54) is 41.5 Å². The molecule has 35 heavy (non-hydrogen) atoms. The van der Waals surface area contributed by atoms with Gasteiger partial charge in [0.1, 0.15) is 5.75 Å². The zero-order valence-electron chi connectivity index (χ0n) is 18.1. The van der Waals surface area contributed by atoms with Crippen LogP contribution in [0, 0.1) is 0 Å². The first-order valence-corrected chi connectivity index (χ1v) is 12.2. The first-order chi connectivity index (χ1) is 16.7. The summed E-state index contributed by atoms with van der Waals surface area (Å²) in [5.74, 6) is -0.291. The Hall–Kier alpha value is -3.80. The highest BCUT2D eigenvalue weighted by Crippen LogP contribution is 2.42. The molecular weight excluding hydrogens is 483 g/mol. The first kappa shape index (κ1) is 23.0. The molecule has 0 fully saturated rings. The molecule has 2 aromatic carbocycles. The molecule has 0 saturated carbocycles. The SMILES string of the molecule is O=S(=O)(Cc1cccnn1)c1ccc2c(c1)OCC[C@H]2c1ccc(C(F)(F)F)cc1-n1ccnn1. The number of hydrogen-bond donors (Lipinski definition) is 0. The van der Waals surface area contributed by atoms with E-state index < -0.39 is 21.6 Å². The van der Waals surface area contributed by atoms with E-state index in [1.807, 2.05) is 0 Å². The minimum atomic E-state index is -4.52. The monoisotopic (exact) mass is 501 g/mol. The topological polar surface area (TPSA) is 99.9 Å². The second-order valence-corrected chi connectivity index (χ2v) is 9.97. The number of sulfone groups is 1. The van der Waals surface area contributed by atoms with Crippen molar-refractivity contribution in [2.24, 2.45) is 0 Å². The van der Waals surface area contributed by atoms with Crippen LogP contribution in [-0.4, -0.2) is 40.2 Å². The highest BCUT2D eigenvalue weighted by Gasteiger charge is 2.33. The van der Waals surface area contributed by atoms with Gasteiger partial charge in [-0.05, 0) is 48.4 Å². The van der Waals surface area contributed by atoms with Gasteiger partial charge in [-0.2, -0.15) is 23.4 Å². The highest BCUT2D eigenvalue weighted by atomic mass is 32.2. The molecule has 0 N–H and O–H groups in total. The van der Waals surface area contributed by atoms with E-state index in [1.54, 1.807) is 18.2 Å². The van der Waals surface area contributed by atoms with Crippen molar-refractivity contribution in [1.29, 1.82) is 0 Å². The number of alkyl halides is 3. The number of rotatable bonds is 5. The third kappa shape index (κ3) is 4.61. The minimum Gasteiger partial charge on any atom is -0.493 e. The van der Waals surface area contributed by atoms with Crippen LogP contribution < -0.4 is 4.74 Å². The van der Waals surface area contributed by atoms with Gasteiger partial charge in [-0.1, -0.05) is 17.3 Å². The molecule has 0 unspecified atom stereocenters. The number of halogens is 3. The fraction of sp³-hybridized carbons (Fsp3) is 0.217. The number of aromatic nitrogens is 5. The normalized spacial score (nSPS) is 15.9. The Balaban J connectivity index is 1.54. The molecule has 0 aliphatic carbocycles. The molecule has 1 aliphatic heterocycles. The van der Waals surface area contributed by atoms with Crippen LogP contribution in [0.15, 0.2) is 72.0 Å². The van der Waals surface area contributed by atoms with Crippen molar-refractivity contribution >= 4 is 9.84 Å². The van der Waals surface area contributed by atoms with Crippen molar-refractivity contribution < 1.29 is 26.3 Å². The summed E-state index contributed by atoms with van der Waals surface area (Å²) in [6, 6.07) is 11.3. The van der Waals surface area contributed by atoms with Crippen LogP contribution in [0.4, 0.5) is 13.2 Å². The molecule has 0 bridgehead atoms. The maximum Gasteiger partial charge on any atom is 0.416 e. The van der Waals surface area contributed by atoms with Crippen LogP contribution in [0.1, 0.15) is 34.7 Å². The molecule has 0 radical (unpaired) electrons. The largest absolute Gasteiger partial charge is 0.493 e. The van der Waals surface area contributed by atoms with Crippen molar-refractivity contribution in [2.75, 3.05) is 6.61 Å². The molecule has 0 amide bonds. The van der Waals surface area contributed by atoms with Gasteiger partial charge < -0.3 is 4.74 Å². The Morgan fingerprint density at radius 3 is 2.57 bits per heavy atom. The molecule has 1 atom stereocenters. The standard InChI is InChI=1S/C23H18F3N5O3S/c24-23(25,26)15-3-5-19(21(12-15)31-10-9-28-30-31)18-7-11-34-22-13-17(4-6-20(18)22)35(32,33)14-16-2-1-8-27-29-16/h1-6,8-10,12-13,18H,7,11,14H2/t18-/m0/s1. The number of benzene rings is 2. The summed E-state index contributed by atoms with van der Waals surface area (Å²) in [7, 11) is -3.72. The summed E-state index contributed by atoms with van der Waals surface area (Å²) >= 11 is 0. The van der Waals surface area contributed by atoms with Gasteiger partial charge in [0.05, 0.1) is 46.6 Å². The van der Waals surface area contributed by atoms with Gasteiger partial charge >= 0.3 is 6.18 Å². The van der Waals surface area contributed by atoms with Gasteiger partial charge in [0.25, 0.3) is 0 Å². The molecule has 0 saturated heterocycles. The summed E-state index contributed by atoms with van der Waals surface area (Å²) in [6.45, 7) is 0.267. The van der Waals surface area contributed by atoms with Gasteiger partial charge in [0, 0.05) is 17.7 Å². The van der Waals surface area contributed by atoms with Crippen molar-refractivity contribution in [3.8, 4) is 11.4 Å². The third-order valence-electron chi connectivity index (χ3n) is 5.75. The Labute approximate surface area is 198 Å². The quantitative estimate of drug-likeness (QED) is 0.408. The predicted molar refractivity (Wildman–Crippen MR) is 118 cm³/mol. The van der Waals surface area contributed by atoms with Crippen LogP contribution in [0.5, 0.6) is 5.75 Å². The van der Waals surface area contributed by atoms with E-state index in [0.29, 0.717) is 29.0 Å². The maximum absolute atomic E-state index is 13.4. The van der Waals surface area contributed by atoms with E-state index in [9.17, 15) is 21.6 Å². The van der Waals surface area contributed by atoms with Gasteiger partial charge in [-0.15, -0.1) is 5.10 Å². The van der Waals surface area contributed by atoms with E-state index in [2.05, 4.69) is 20.5 Å². The van der Waals surface area contributed by atoms with Crippen LogP contribution >= 0.6 is 0 Å². The van der Waals surface area contributed by atoms with Gasteiger partial charge in [-0.25, -0.2) is 13.1 Å². The van der Waals surface area contributed by atoms with Crippen molar-refractivity contribution in [1.82, 2.24) is 25.2 Å². The fourth-order valence-corrected chi connectivity index (χ4v) is 5.40. The lowest BCUT2D eigenvalue weighted by atomic mass is 9.85. The lowest BCUT2D eigenvalue weighted by Gasteiger charge is -2.28. The van der Waals surface area contributed by atoms with E-state index in [4.69, 9.17) is 4.74 Å². The van der Waals surface area contributed by atoms with Gasteiger partial charge in [0.15, 0.2) is 9.84 Å². The van der Waals surface area contributed by atoms with E-state index >= 15 is 0 Å². The number of nitrogens with zero attached hydrogens (tertiary/aromatic N) is 5. The number of fused-ring (bicyclic) bond motifs is 1. The summed E-state index contributed by atoms with van der Waals surface area (Å²) in [6.07, 6.45) is 0.287. The van der Waals surface area contributed by atoms with Crippen molar-refractivity contribution in [2.45, 2.75) is 29.2 Å². The Morgan fingerprint density at radius 1 is 1.03 bits per heavy atom. The lowest BCUT2D eigenvalue weighted by molar-refractivity contribution is -0.137. The van der Waals surface area contributed by atoms with Crippen LogP contribution in [-0.2, 0) is 21.8 Å². The zero-order valence-corrected chi connectivity index (χ0v) is 18.9. The fourth-order valence-electron chi connectivity index (χ4n) is 4.12. The summed E-state index contributed by atoms with van der Waals surface area (Å²) in [5, 5.41) is 15.1.